The number of carbonyl (C=O) groups is 2. The van der Waals surface area contributed by atoms with Gasteiger partial charge in [-0.1, -0.05) is 0 Å². The first-order chi connectivity index (χ1) is 10.3. The lowest BCUT2D eigenvalue weighted by Crippen LogP contribution is -2.45. The molecule has 6 nitrogen and oxygen atoms in total. The summed E-state index contributed by atoms with van der Waals surface area (Å²) >= 11 is 2.11. The molecule has 22 heavy (non-hydrogen) atoms. The molecule has 1 heterocycles. The molecule has 0 atom stereocenters. The van der Waals surface area contributed by atoms with Crippen LogP contribution in [0.3, 0.4) is 0 Å². The summed E-state index contributed by atoms with van der Waals surface area (Å²) in [5.74, 6) is 0.565. The molecule has 8 heteroatoms. The Labute approximate surface area is 148 Å². The number of piperidine rings is 1. The van der Waals surface area contributed by atoms with Crippen LogP contribution >= 0.6 is 30.4 Å². The molecule has 2 amide bonds. The maximum Gasteiger partial charge on any atom is 0.408 e. The van der Waals surface area contributed by atoms with E-state index in [0.29, 0.717) is 5.92 Å². The average molecular weight is 444 g/mol. The first-order valence-corrected chi connectivity index (χ1v) is 10.7. The van der Waals surface area contributed by atoms with E-state index in [1.807, 2.05) is 4.90 Å². The largest absolute Gasteiger partial charge is 0.444 e. The van der Waals surface area contributed by atoms with E-state index in [1.54, 1.807) is 20.8 Å². The predicted molar refractivity (Wildman–Crippen MR) is 95.7 cm³/mol. The van der Waals surface area contributed by atoms with E-state index in [0.717, 1.165) is 39.0 Å². The van der Waals surface area contributed by atoms with Crippen molar-refractivity contribution in [3.8, 4) is 0 Å². The third-order valence-electron chi connectivity index (χ3n) is 3.40. The monoisotopic (exact) mass is 444 g/mol. The van der Waals surface area contributed by atoms with E-state index in [9.17, 15) is 9.59 Å². The molecule has 128 valence electrons. The van der Waals surface area contributed by atoms with Gasteiger partial charge in [-0.2, -0.15) is 0 Å². The van der Waals surface area contributed by atoms with Crippen LogP contribution in [0.25, 0.3) is 0 Å². The highest BCUT2D eigenvalue weighted by Gasteiger charge is 2.23. The summed E-state index contributed by atoms with van der Waals surface area (Å²) in [7, 11) is 1.36. The summed E-state index contributed by atoms with van der Waals surface area (Å²) < 4.78 is 10.4. The molecule has 0 bridgehead atoms. The van der Waals surface area contributed by atoms with Crippen LogP contribution in [0, 0.1) is 5.92 Å². The molecule has 0 aliphatic carbocycles. The Kier molecular flexibility index (Phi) is 8.85. The van der Waals surface area contributed by atoms with Crippen molar-refractivity contribution >= 4 is 42.4 Å². The second-order valence-corrected chi connectivity index (χ2v) is 7.79. The minimum Gasteiger partial charge on any atom is -0.444 e. The Hall–Kier alpha value is -0.220. The molecule has 1 fully saturated rings. The molecule has 1 N–H and O–H groups in total. The molecular formula is C14H25IN2O4S. The molecule has 1 aliphatic rings. The van der Waals surface area contributed by atoms with E-state index in [1.165, 1.54) is 9.21 Å². The van der Waals surface area contributed by atoms with Crippen LogP contribution in [-0.4, -0.2) is 48.7 Å². The lowest BCUT2D eigenvalue weighted by Gasteiger charge is -2.32. The SMILES string of the molecule is CC(C)(C)OC(=O)NCC(=O)N1CCC(CCOSI)CC1. The lowest BCUT2D eigenvalue weighted by molar-refractivity contribution is -0.131. The standard InChI is InChI=1S/C14H25IN2O4S/c1-14(2,3)21-13(19)16-10-12(18)17-7-4-11(5-8-17)6-9-20-22-15/h11H,4-10H2,1-3H3,(H,16,19). The van der Waals surface area contributed by atoms with Crippen LogP contribution in [0.1, 0.15) is 40.0 Å². The second-order valence-electron chi connectivity index (χ2n) is 6.35. The Bertz CT molecular complexity index is 368. The van der Waals surface area contributed by atoms with Gasteiger partial charge in [-0.25, -0.2) is 4.79 Å². The number of ether oxygens (including phenoxy) is 1. The highest BCUT2D eigenvalue weighted by molar-refractivity contribution is 14.2. The third kappa shape index (κ3) is 8.42. The Morgan fingerprint density at radius 3 is 2.50 bits per heavy atom. The van der Waals surface area contributed by atoms with Crippen molar-refractivity contribution in [1.82, 2.24) is 10.2 Å². The zero-order valence-corrected chi connectivity index (χ0v) is 16.4. The number of carbonyl (C=O) groups excluding carboxylic acids is 2. The lowest BCUT2D eigenvalue weighted by atomic mass is 9.94. The first-order valence-electron chi connectivity index (χ1n) is 7.46. The smallest absolute Gasteiger partial charge is 0.408 e. The summed E-state index contributed by atoms with van der Waals surface area (Å²) in [4.78, 5) is 25.4. The number of rotatable bonds is 6. The quantitative estimate of drug-likeness (QED) is 0.387. The summed E-state index contributed by atoms with van der Waals surface area (Å²) in [6.07, 6.45) is 2.47. The zero-order chi connectivity index (χ0) is 16.6. The number of amides is 2. The molecule has 0 spiro atoms. The molecule has 1 aliphatic heterocycles. The fourth-order valence-corrected chi connectivity index (χ4v) is 2.99. The van der Waals surface area contributed by atoms with Crippen LogP contribution in [0.2, 0.25) is 0 Å². The van der Waals surface area contributed by atoms with Gasteiger partial charge in [-0.3, -0.25) is 4.79 Å². The number of likely N-dealkylation sites (tertiary alicyclic amines) is 1. The molecule has 0 aromatic heterocycles. The van der Waals surface area contributed by atoms with Crippen molar-refractivity contribution in [3.05, 3.63) is 0 Å². The van der Waals surface area contributed by atoms with Gasteiger partial charge in [0.05, 0.1) is 15.8 Å². The number of hydrogen-bond donors (Lipinski definition) is 1. The first kappa shape index (κ1) is 19.8. The van der Waals surface area contributed by atoms with Crippen molar-refractivity contribution in [2.75, 3.05) is 26.2 Å². The van der Waals surface area contributed by atoms with Crippen molar-refractivity contribution < 1.29 is 18.5 Å². The fourth-order valence-electron chi connectivity index (χ4n) is 2.29. The minimum atomic E-state index is -0.552. The van der Waals surface area contributed by atoms with Gasteiger partial charge in [0.25, 0.3) is 0 Å². The average Bonchev–Trinajstić information content (AvgIpc) is 2.44. The molecule has 0 aromatic rings. The van der Waals surface area contributed by atoms with Gasteiger partial charge in [0, 0.05) is 34.3 Å². The minimum absolute atomic E-state index is 0.00579. The highest BCUT2D eigenvalue weighted by atomic mass is 127. The summed E-state index contributed by atoms with van der Waals surface area (Å²) in [5.41, 5.74) is -0.552. The molecule has 0 radical (unpaired) electrons. The molecule has 0 saturated carbocycles. The number of alkyl carbamates (subject to hydrolysis) is 1. The van der Waals surface area contributed by atoms with Crippen molar-refractivity contribution in [2.24, 2.45) is 5.92 Å². The van der Waals surface area contributed by atoms with Crippen molar-refractivity contribution in [3.63, 3.8) is 0 Å². The Balaban J connectivity index is 2.21. The van der Waals surface area contributed by atoms with E-state index in [-0.39, 0.29) is 12.5 Å². The molecule has 1 rings (SSSR count). The van der Waals surface area contributed by atoms with Gasteiger partial charge in [0.15, 0.2) is 0 Å². The maximum atomic E-state index is 12.1. The third-order valence-corrected chi connectivity index (χ3v) is 4.42. The van der Waals surface area contributed by atoms with Gasteiger partial charge < -0.3 is 19.1 Å². The summed E-state index contributed by atoms with van der Waals surface area (Å²) in [5, 5.41) is 2.51. The van der Waals surface area contributed by atoms with Crippen LogP contribution < -0.4 is 5.32 Å². The number of hydrogen-bond acceptors (Lipinski definition) is 5. The molecule has 0 aromatic carbocycles. The van der Waals surface area contributed by atoms with Crippen molar-refractivity contribution in [2.45, 2.75) is 45.6 Å². The topological polar surface area (TPSA) is 67.9 Å². The maximum absolute atomic E-state index is 12.1. The van der Waals surface area contributed by atoms with E-state index < -0.39 is 11.7 Å². The molecular weight excluding hydrogens is 419 g/mol. The van der Waals surface area contributed by atoms with Crippen molar-refractivity contribution in [1.29, 1.82) is 0 Å². The Morgan fingerprint density at radius 1 is 1.32 bits per heavy atom. The molecule has 1 saturated heterocycles. The van der Waals surface area contributed by atoms with E-state index in [4.69, 9.17) is 8.92 Å². The van der Waals surface area contributed by atoms with Gasteiger partial charge >= 0.3 is 6.09 Å². The number of nitrogens with one attached hydrogen (secondary N) is 1. The van der Waals surface area contributed by atoms with Crippen LogP contribution in [0.5, 0.6) is 0 Å². The van der Waals surface area contributed by atoms with Gasteiger partial charge in [-0.05, 0) is 46.0 Å². The van der Waals surface area contributed by atoms with Crippen LogP contribution in [-0.2, 0) is 13.7 Å². The molecule has 0 unspecified atom stereocenters. The van der Waals surface area contributed by atoms with Crippen LogP contribution in [0.4, 0.5) is 4.79 Å². The number of nitrogens with zero attached hydrogens (tertiary/aromatic N) is 1. The van der Waals surface area contributed by atoms with Gasteiger partial charge in [0.2, 0.25) is 5.91 Å². The summed E-state index contributed by atoms with van der Waals surface area (Å²) in [6, 6.07) is 0. The van der Waals surface area contributed by atoms with Crippen LogP contribution in [0.15, 0.2) is 0 Å². The van der Waals surface area contributed by atoms with Gasteiger partial charge in [0.1, 0.15) is 12.1 Å². The fraction of sp³-hybridized carbons (Fsp3) is 0.857. The van der Waals surface area contributed by atoms with Gasteiger partial charge in [-0.15, -0.1) is 0 Å². The summed E-state index contributed by atoms with van der Waals surface area (Å²) in [6.45, 7) is 7.62. The van der Waals surface area contributed by atoms with E-state index in [2.05, 4.69) is 26.5 Å². The van der Waals surface area contributed by atoms with E-state index >= 15 is 0 Å². The second kappa shape index (κ2) is 9.82. The zero-order valence-electron chi connectivity index (χ0n) is 13.4. The predicted octanol–water partition coefficient (Wildman–Crippen LogP) is 3.15. The normalized spacial score (nSPS) is 16.5. The number of halogens is 1. The Morgan fingerprint density at radius 2 is 1.95 bits per heavy atom. The highest BCUT2D eigenvalue weighted by Crippen LogP contribution is 2.22.